The molecule has 0 saturated carbocycles. The van der Waals surface area contributed by atoms with Crippen LogP contribution < -0.4 is 18.9 Å². The van der Waals surface area contributed by atoms with Crippen molar-refractivity contribution in [3.8, 4) is 34.1 Å². The summed E-state index contributed by atoms with van der Waals surface area (Å²) in [6.45, 7) is 3.18. The first-order valence-corrected chi connectivity index (χ1v) is 12.8. The van der Waals surface area contributed by atoms with Crippen molar-refractivity contribution in [1.29, 1.82) is 0 Å². The number of halogens is 4. The van der Waals surface area contributed by atoms with E-state index in [-0.39, 0.29) is 29.5 Å². The molecule has 1 aliphatic rings. The third kappa shape index (κ3) is 6.02. The van der Waals surface area contributed by atoms with Gasteiger partial charge in [-0.15, -0.1) is 0 Å². The largest absolute Gasteiger partial charge is 0.488 e. The molecule has 4 aromatic carbocycles. The third-order valence-corrected chi connectivity index (χ3v) is 6.84. The Morgan fingerprint density at radius 2 is 1.60 bits per heavy atom. The predicted molar refractivity (Wildman–Crippen MR) is 145 cm³/mol. The summed E-state index contributed by atoms with van der Waals surface area (Å²) < 4.78 is 61.6. The highest BCUT2D eigenvalue weighted by atomic mass is 35.5. The molecular weight excluding hydrogens is 545 g/mol. The molecule has 5 rings (SSSR count). The number of carbonyl (C=O) groups excluding carboxylic acids is 1. The zero-order valence-electron chi connectivity index (χ0n) is 21.4. The first-order valence-electron chi connectivity index (χ1n) is 12.4. The lowest BCUT2D eigenvalue weighted by molar-refractivity contribution is -0.137. The van der Waals surface area contributed by atoms with Crippen LogP contribution in [0.25, 0.3) is 11.1 Å². The van der Waals surface area contributed by atoms with Gasteiger partial charge in [-0.25, -0.2) is 0 Å². The van der Waals surface area contributed by atoms with Crippen molar-refractivity contribution in [2.24, 2.45) is 0 Å². The van der Waals surface area contributed by atoms with Gasteiger partial charge in [0.15, 0.2) is 17.8 Å². The molecule has 0 spiro atoms. The standard InChI is InChI=1S/C31H24ClF3O5/c1-19-22(3-2-4-25(19)21-7-10-27-30(14-21)38-12-11-37-27)18-40-29-15-28(23(16-36)13-26(29)32)39-17-20-5-8-24(9-6-20)31(33,34)35/h2-10,13-16H,11-12,17-18H2,1H3. The number of fused-ring (bicyclic) bond motifs is 1. The van der Waals surface area contributed by atoms with Crippen LogP contribution in [0.2, 0.25) is 5.02 Å². The van der Waals surface area contributed by atoms with Gasteiger partial charge in [-0.1, -0.05) is 48.0 Å². The summed E-state index contributed by atoms with van der Waals surface area (Å²) >= 11 is 6.39. The maximum atomic E-state index is 12.8. The summed E-state index contributed by atoms with van der Waals surface area (Å²) in [7, 11) is 0. The predicted octanol–water partition coefficient (Wildman–Crippen LogP) is 8.08. The molecule has 9 heteroatoms. The van der Waals surface area contributed by atoms with Crippen LogP contribution in [0, 0.1) is 6.92 Å². The van der Waals surface area contributed by atoms with Crippen LogP contribution in [-0.4, -0.2) is 19.5 Å². The van der Waals surface area contributed by atoms with Crippen LogP contribution >= 0.6 is 11.6 Å². The number of ether oxygens (including phenoxy) is 4. The number of rotatable bonds is 8. The van der Waals surface area contributed by atoms with Gasteiger partial charge >= 0.3 is 6.18 Å². The smallest absolute Gasteiger partial charge is 0.416 e. The molecule has 0 aliphatic carbocycles. The Bertz CT molecular complexity index is 1530. The van der Waals surface area contributed by atoms with Crippen LogP contribution in [0.5, 0.6) is 23.0 Å². The Labute approximate surface area is 234 Å². The van der Waals surface area contributed by atoms with E-state index in [1.54, 1.807) is 0 Å². The highest BCUT2D eigenvalue weighted by molar-refractivity contribution is 6.32. The first kappa shape index (κ1) is 27.4. The maximum absolute atomic E-state index is 12.8. The Morgan fingerprint density at radius 1 is 0.875 bits per heavy atom. The number of hydrogen-bond acceptors (Lipinski definition) is 5. The zero-order chi connectivity index (χ0) is 28.3. The molecule has 0 unspecified atom stereocenters. The average molecular weight is 569 g/mol. The van der Waals surface area contributed by atoms with Crippen LogP contribution in [0.3, 0.4) is 0 Å². The number of hydrogen-bond donors (Lipinski definition) is 0. The fourth-order valence-electron chi connectivity index (χ4n) is 4.35. The lowest BCUT2D eigenvalue weighted by Crippen LogP contribution is -2.15. The second-order valence-corrected chi connectivity index (χ2v) is 9.57. The lowest BCUT2D eigenvalue weighted by Gasteiger charge is -2.20. The van der Waals surface area contributed by atoms with E-state index in [4.69, 9.17) is 30.5 Å². The molecule has 40 heavy (non-hydrogen) atoms. The highest BCUT2D eigenvalue weighted by Crippen LogP contribution is 2.37. The van der Waals surface area contributed by atoms with Crippen molar-refractivity contribution in [1.82, 2.24) is 0 Å². The molecule has 0 radical (unpaired) electrons. The third-order valence-electron chi connectivity index (χ3n) is 6.55. The SMILES string of the molecule is Cc1c(COc2cc(OCc3ccc(C(F)(F)F)cc3)c(C=O)cc2Cl)cccc1-c1ccc2c(c1)OCCO2. The maximum Gasteiger partial charge on any atom is 0.416 e. The van der Waals surface area contributed by atoms with Gasteiger partial charge in [-0.05, 0) is 65.1 Å². The van der Waals surface area contributed by atoms with Gasteiger partial charge in [0, 0.05) is 6.07 Å². The van der Waals surface area contributed by atoms with Crippen molar-refractivity contribution in [2.45, 2.75) is 26.3 Å². The fourth-order valence-corrected chi connectivity index (χ4v) is 4.57. The Balaban J connectivity index is 1.32. The summed E-state index contributed by atoms with van der Waals surface area (Å²) in [6, 6.07) is 19.3. The van der Waals surface area contributed by atoms with Gasteiger partial charge < -0.3 is 18.9 Å². The molecule has 0 bridgehead atoms. The Kier molecular flexibility index (Phi) is 7.89. The fraction of sp³-hybridized carbons (Fsp3) is 0.194. The Morgan fingerprint density at radius 3 is 2.33 bits per heavy atom. The van der Waals surface area contributed by atoms with Gasteiger partial charge in [0.1, 0.15) is 37.9 Å². The number of benzene rings is 4. The molecule has 4 aromatic rings. The van der Waals surface area contributed by atoms with Gasteiger partial charge in [0.25, 0.3) is 0 Å². The van der Waals surface area contributed by atoms with Crippen molar-refractivity contribution in [3.63, 3.8) is 0 Å². The summed E-state index contributed by atoms with van der Waals surface area (Å²) in [4.78, 5) is 11.6. The molecule has 1 heterocycles. The molecule has 0 atom stereocenters. The number of alkyl halides is 3. The first-order chi connectivity index (χ1) is 19.2. The molecule has 1 aliphatic heterocycles. The van der Waals surface area contributed by atoms with Crippen molar-refractivity contribution >= 4 is 17.9 Å². The molecular formula is C31H24ClF3O5. The lowest BCUT2D eigenvalue weighted by atomic mass is 9.96. The summed E-state index contributed by atoms with van der Waals surface area (Å²) in [5, 5.41) is 0.227. The highest BCUT2D eigenvalue weighted by Gasteiger charge is 2.30. The van der Waals surface area contributed by atoms with Gasteiger partial charge in [0.05, 0.1) is 16.1 Å². The minimum Gasteiger partial charge on any atom is -0.488 e. The average Bonchev–Trinajstić information content (AvgIpc) is 2.95. The van der Waals surface area contributed by atoms with Crippen molar-refractivity contribution < 1.29 is 36.9 Å². The minimum atomic E-state index is -4.42. The molecule has 0 fully saturated rings. The van der Waals surface area contributed by atoms with Crippen LogP contribution in [0.4, 0.5) is 13.2 Å². The number of aldehydes is 1. The number of carbonyl (C=O) groups is 1. The normalized spacial score (nSPS) is 12.6. The second kappa shape index (κ2) is 11.5. The van der Waals surface area contributed by atoms with Gasteiger partial charge in [0.2, 0.25) is 0 Å². The van der Waals surface area contributed by atoms with Gasteiger partial charge in [-0.2, -0.15) is 13.2 Å². The van der Waals surface area contributed by atoms with E-state index in [2.05, 4.69) is 0 Å². The zero-order valence-corrected chi connectivity index (χ0v) is 22.1. The van der Waals surface area contributed by atoms with E-state index >= 15 is 0 Å². The van der Waals surface area contributed by atoms with Gasteiger partial charge in [-0.3, -0.25) is 4.79 Å². The molecule has 206 valence electrons. The minimum absolute atomic E-state index is 0.0449. The molecule has 0 N–H and O–H groups in total. The van der Waals surface area contributed by atoms with Crippen molar-refractivity contribution in [2.75, 3.05) is 13.2 Å². The quantitative estimate of drug-likeness (QED) is 0.201. The summed E-state index contributed by atoms with van der Waals surface area (Å²) in [5.41, 5.74) is 3.89. The van der Waals surface area contributed by atoms with E-state index in [1.807, 2.05) is 43.3 Å². The monoisotopic (exact) mass is 568 g/mol. The van der Waals surface area contributed by atoms with E-state index < -0.39 is 11.7 Å². The van der Waals surface area contributed by atoms with E-state index in [1.165, 1.54) is 24.3 Å². The Hall–Kier alpha value is -4.17. The molecule has 0 aromatic heterocycles. The van der Waals surface area contributed by atoms with E-state index in [9.17, 15) is 18.0 Å². The van der Waals surface area contributed by atoms with Crippen LogP contribution in [-0.2, 0) is 19.4 Å². The molecule has 5 nitrogen and oxygen atoms in total. The van der Waals surface area contributed by atoms with Crippen molar-refractivity contribution in [3.05, 3.63) is 106 Å². The van der Waals surface area contributed by atoms with Crippen LogP contribution in [0.15, 0.2) is 72.8 Å². The summed E-state index contributed by atoms with van der Waals surface area (Å²) in [5.74, 6) is 1.93. The summed E-state index contributed by atoms with van der Waals surface area (Å²) in [6.07, 6.45) is -3.83. The second-order valence-electron chi connectivity index (χ2n) is 9.16. The molecule has 0 amide bonds. The van der Waals surface area contributed by atoms with Crippen LogP contribution in [0.1, 0.15) is 32.6 Å². The van der Waals surface area contributed by atoms with E-state index in [0.717, 1.165) is 40.1 Å². The topological polar surface area (TPSA) is 54.0 Å². The van der Waals surface area contributed by atoms with E-state index in [0.29, 0.717) is 36.6 Å². The molecule has 0 saturated heterocycles.